The zero-order chi connectivity index (χ0) is 11.6. The van der Waals surface area contributed by atoms with Crippen LogP contribution in [0.1, 0.15) is 39.5 Å². The lowest BCUT2D eigenvalue weighted by molar-refractivity contribution is -0.165. The van der Waals surface area contributed by atoms with Gasteiger partial charge in [-0.3, -0.25) is 4.79 Å². The van der Waals surface area contributed by atoms with Crippen LogP contribution in [0.5, 0.6) is 0 Å². The van der Waals surface area contributed by atoms with Crippen molar-refractivity contribution in [3.8, 4) is 0 Å². The second-order valence-electron chi connectivity index (χ2n) is 5.97. The molecule has 1 aliphatic heterocycles. The maximum Gasteiger partial charge on any atom is 0.306 e. The third-order valence-electron chi connectivity index (χ3n) is 4.65. The highest BCUT2D eigenvalue weighted by molar-refractivity contribution is 5.74. The fraction of sp³-hybridized carbons (Fsp3) is 0.769. The highest BCUT2D eigenvalue weighted by atomic mass is 16.6. The molecular weight excluding hydrogens is 204 g/mol. The van der Waals surface area contributed by atoms with Crippen molar-refractivity contribution in [2.45, 2.75) is 51.2 Å². The van der Waals surface area contributed by atoms with Crippen LogP contribution in [-0.4, -0.2) is 22.8 Å². The van der Waals surface area contributed by atoms with E-state index in [2.05, 4.69) is 19.9 Å². The van der Waals surface area contributed by atoms with Gasteiger partial charge in [-0.1, -0.05) is 19.9 Å². The van der Waals surface area contributed by atoms with Crippen molar-refractivity contribution in [3.63, 3.8) is 0 Å². The molecule has 1 saturated carbocycles. The summed E-state index contributed by atoms with van der Waals surface area (Å²) in [4.78, 5) is 11.3. The molecule has 0 bridgehead atoms. The molecule has 3 nitrogen and oxygen atoms in total. The molecule has 0 amide bonds. The van der Waals surface area contributed by atoms with Crippen molar-refractivity contribution in [1.29, 1.82) is 0 Å². The standard InChI is InChI=1S/C13H18O3/c1-12(2)5-3-4-9-6-8-7-10(14)16-11(8)13(9,12)15/h6,8,11,15H,3-5,7H2,1-2H3/t8-,11+,13-/m0/s1. The Bertz CT molecular complexity index is 383. The summed E-state index contributed by atoms with van der Waals surface area (Å²) < 4.78 is 5.35. The Morgan fingerprint density at radius 1 is 1.50 bits per heavy atom. The monoisotopic (exact) mass is 222 g/mol. The first-order valence-corrected chi connectivity index (χ1v) is 6.08. The Kier molecular flexibility index (Phi) is 1.87. The van der Waals surface area contributed by atoms with E-state index in [4.69, 9.17) is 4.74 Å². The second kappa shape index (κ2) is 2.89. The second-order valence-corrected chi connectivity index (χ2v) is 5.97. The van der Waals surface area contributed by atoms with E-state index in [9.17, 15) is 9.90 Å². The minimum absolute atomic E-state index is 0.102. The zero-order valence-corrected chi connectivity index (χ0v) is 9.82. The molecule has 0 aromatic rings. The summed E-state index contributed by atoms with van der Waals surface area (Å²) in [7, 11) is 0. The van der Waals surface area contributed by atoms with Crippen LogP contribution in [0.3, 0.4) is 0 Å². The van der Waals surface area contributed by atoms with Crippen LogP contribution >= 0.6 is 0 Å². The molecule has 2 fully saturated rings. The lowest BCUT2D eigenvalue weighted by atomic mass is 9.62. The van der Waals surface area contributed by atoms with Crippen molar-refractivity contribution >= 4 is 5.97 Å². The summed E-state index contributed by atoms with van der Waals surface area (Å²) in [5.74, 6) is -0.0648. The molecule has 3 rings (SSSR count). The largest absolute Gasteiger partial charge is 0.458 e. The Labute approximate surface area is 95.5 Å². The number of hydrogen-bond donors (Lipinski definition) is 1. The van der Waals surface area contributed by atoms with Gasteiger partial charge in [-0.2, -0.15) is 0 Å². The molecule has 0 aromatic carbocycles. The zero-order valence-electron chi connectivity index (χ0n) is 9.82. The fourth-order valence-corrected chi connectivity index (χ4v) is 3.69. The molecule has 2 aliphatic carbocycles. The van der Waals surface area contributed by atoms with Gasteiger partial charge in [-0.25, -0.2) is 0 Å². The van der Waals surface area contributed by atoms with E-state index < -0.39 is 5.60 Å². The van der Waals surface area contributed by atoms with Gasteiger partial charge in [0.05, 0.1) is 6.42 Å². The van der Waals surface area contributed by atoms with Gasteiger partial charge < -0.3 is 9.84 Å². The molecule has 1 N–H and O–H groups in total. The number of aliphatic hydroxyl groups is 1. The van der Waals surface area contributed by atoms with Crippen molar-refractivity contribution in [3.05, 3.63) is 11.6 Å². The third-order valence-corrected chi connectivity index (χ3v) is 4.65. The maximum absolute atomic E-state index is 11.3. The first-order valence-electron chi connectivity index (χ1n) is 6.08. The molecule has 1 saturated heterocycles. The predicted molar refractivity (Wildman–Crippen MR) is 58.7 cm³/mol. The minimum atomic E-state index is -0.915. The van der Waals surface area contributed by atoms with Crippen LogP contribution in [0.2, 0.25) is 0 Å². The van der Waals surface area contributed by atoms with Crippen molar-refractivity contribution in [1.82, 2.24) is 0 Å². The van der Waals surface area contributed by atoms with Gasteiger partial charge in [0.2, 0.25) is 0 Å². The van der Waals surface area contributed by atoms with Crippen LogP contribution in [0.15, 0.2) is 11.6 Å². The van der Waals surface area contributed by atoms with E-state index in [0.717, 1.165) is 24.8 Å². The van der Waals surface area contributed by atoms with Crippen molar-refractivity contribution < 1.29 is 14.6 Å². The summed E-state index contributed by atoms with van der Waals surface area (Å²) in [6.45, 7) is 4.16. The summed E-state index contributed by atoms with van der Waals surface area (Å²) in [6, 6.07) is 0. The molecule has 3 heteroatoms. The predicted octanol–water partition coefficient (Wildman–Crippen LogP) is 1.80. The van der Waals surface area contributed by atoms with Gasteiger partial charge >= 0.3 is 5.97 Å². The lowest BCUT2D eigenvalue weighted by Gasteiger charge is -2.48. The molecule has 3 atom stereocenters. The fourth-order valence-electron chi connectivity index (χ4n) is 3.69. The summed E-state index contributed by atoms with van der Waals surface area (Å²) >= 11 is 0. The van der Waals surface area contributed by atoms with E-state index >= 15 is 0 Å². The van der Waals surface area contributed by atoms with Crippen molar-refractivity contribution in [2.24, 2.45) is 11.3 Å². The molecule has 0 unspecified atom stereocenters. The van der Waals surface area contributed by atoms with Crippen LogP contribution in [0.4, 0.5) is 0 Å². The first-order chi connectivity index (χ1) is 7.45. The van der Waals surface area contributed by atoms with Gasteiger partial charge in [0.1, 0.15) is 11.7 Å². The molecular formula is C13H18O3. The van der Waals surface area contributed by atoms with E-state index in [1.165, 1.54) is 0 Å². The van der Waals surface area contributed by atoms with Gasteiger partial charge in [-0.15, -0.1) is 0 Å². The van der Waals surface area contributed by atoms with Crippen molar-refractivity contribution in [2.75, 3.05) is 0 Å². The number of hydrogen-bond acceptors (Lipinski definition) is 3. The van der Waals surface area contributed by atoms with Crippen LogP contribution < -0.4 is 0 Å². The molecule has 3 aliphatic rings. The summed E-state index contributed by atoms with van der Waals surface area (Å²) in [5, 5.41) is 11.0. The number of rotatable bonds is 0. The first kappa shape index (κ1) is 10.3. The highest BCUT2D eigenvalue weighted by Gasteiger charge is 2.62. The topological polar surface area (TPSA) is 46.5 Å². The SMILES string of the molecule is CC1(C)CCCC2=C[C@H]3CC(=O)O[C@H]3[C@@]21O. The van der Waals surface area contributed by atoms with Crippen LogP contribution in [0.25, 0.3) is 0 Å². The Morgan fingerprint density at radius 2 is 2.25 bits per heavy atom. The van der Waals surface area contributed by atoms with Crippen LogP contribution in [-0.2, 0) is 9.53 Å². The Hall–Kier alpha value is -0.830. The maximum atomic E-state index is 11.3. The van der Waals surface area contributed by atoms with Gasteiger partial charge in [0.15, 0.2) is 0 Å². The molecule has 0 radical (unpaired) electrons. The van der Waals surface area contributed by atoms with E-state index in [1.54, 1.807) is 0 Å². The summed E-state index contributed by atoms with van der Waals surface area (Å²) in [5.41, 5.74) is -0.00493. The molecule has 16 heavy (non-hydrogen) atoms. The van der Waals surface area contributed by atoms with E-state index in [-0.39, 0.29) is 23.4 Å². The molecule has 1 heterocycles. The van der Waals surface area contributed by atoms with Gasteiger partial charge in [-0.05, 0) is 24.8 Å². The third kappa shape index (κ3) is 1.05. The Balaban J connectivity index is 2.06. The number of carbonyl (C=O) groups excluding carboxylic acids is 1. The number of carbonyl (C=O) groups is 1. The molecule has 0 aromatic heterocycles. The van der Waals surface area contributed by atoms with Gasteiger partial charge in [0, 0.05) is 11.3 Å². The van der Waals surface area contributed by atoms with E-state index in [1.807, 2.05) is 0 Å². The summed E-state index contributed by atoms with van der Waals surface area (Å²) in [6.07, 6.45) is 5.26. The van der Waals surface area contributed by atoms with Gasteiger partial charge in [0.25, 0.3) is 0 Å². The highest BCUT2D eigenvalue weighted by Crippen LogP contribution is 2.56. The van der Waals surface area contributed by atoms with Crippen LogP contribution in [0, 0.1) is 11.3 Å². The molecule has 88 valence electrons. The Morgan fingerprint density at radius 3 is 3.00 bits per heavy atom. The smallest absolute Gasteiger partial charge is 0.306 e. The molecule has 0 spiro atoms. The number of ether oxygens (including phenoxy) is 1. The minimum Gasteiger partial charge on any atom is -0.458 e. The number of esters is 1. The van der Waals surface area contributed by atoms with E-state index in [0.29, 0.717) is 6.42 Å². The number of fused-ring (bicyclic) bond motifs is 3. The normalized spacial score (nSPS) is 44.7. The average Bonchev–Trinajstić information content (AvgIpc) is 2.65. The average molecular weight is 222 g/mol. The quantitative estimate of drug-likeness (QED) is 0.502. The lowest BCUT2D eigenvalue weighted by Crippen LogP contribution is -2.55.